The standard InChI is InChI=1S/C14H17N5/c1-16-12-8-13(19-14(15)18-12)17-11-6-9-4-2-3-5-10(9)7-11/h2-5,8,11H,6-7H2,1H3,(H4,15,16,17,18,19). The second-order valence-corrected chi connectivity index (χ2v) is 4.76. The van der Waals surface area contributed by atoms with Gasteiger partial charge in [-0.05, 0) is 24.0 Å². The summed E-state index contributed by atoms with van der Waals surface area (Å²) < 4.78 is 0. The van der Waals surface area contributed by atoms with E-state index in [0.29, 0.717) is 6.04 Å². The van der Waals surface area contributed by atoms with Crippen molar-refractivity contribution in [3.05, 3.63) is 41.5 Å². The molecule has 0 spiro atoms. The Kier molecular flexibility index (Phi) is 2.95. The van der Waals surface area contributed by atoms with E-state index in [1.807, 2.05) is 13.1 Å². The monoisotopic (exact) mass is 255 g/mol. The van der Waals surface area contributed by atoms with Gasteiger partial charge in [-0.1, -0.05) is 24.3 Å². The van der Waals surface area contributed by atoms with Crippen LogP contribution in [0.4, 0.5) is 17.6 Å². The number of nitrogen functional groups attached to an aromatic ring is 1. The molecule has 0 saturated heterocycles. The molecule has 1 aliphatic rings. The number of hydrogen-bond donors (Lipinski definition) is 3. The Morgan fingerprint density at radius 2 is 1.74 bits per heavy atom. The molecule has 0 radical (unpaired) electrons. The number of nitrogens with zero attached hydrogens (tertiary/aromatic N) is 2. The van der Waals surface area contributed by atoms with E-state index in [0.717, 1.165) is 24.5 Å². The third kappa shape index (κ3) is 2.45. The predicted octanol–water partition coefficient (Wildman–Crippen LogP) is 1.68. The molecular formula is C14H17N5. The number of rotatable bonds is 3. The number of aromatic nitrogens is 2. The zero-order valence-corrected chi connectivity index (χ0v) is 10.9. The number of nitrogens with two attached hydrogens (primary N) is 1. The molecule has 0 bridgehead atoms. The fourth-order valence-corrected chi connectivity index (χ4v) is 2.54. The summed E-state index contributed by atoms with van der Waals surface area (Å²) in [4.78, 5) is 8.31. The van der Waals surface area contributed by atoms with E-state index in [1.165, 1.54) is 11.1 Å². The number of nitrogens with one attached hydrogen (secondary N) is 2. The van der Waals surface area contributed by atoms with E-state index in [-0.39, 0.29) is 5.95 Å². The molecule has 98 valence electrons. The average Bonchev–Trinajstić information content (AvgIpc) is 2.80. The van der Waals surface area contributed by atoms with Crippen LogP contribution >= 0.6 is 0 Å². The number of hydrogen-bond acceptors (Lipinski definition) is 5. The first-order valence-electron chi connectivity index (χ1n) is 6.40. The van der Waals surface area contributed by atoms with E-state index >= 15 is 0 Å². The smallest absolute Gasteiger partial charge is 0.223 e. The fourth-order valence-electron chi connectivity index (χ4n) is 2.54. The number of benzene rings is 1. The van der Waals surface area contributed by atoms with Gasteiger partial charge in [-0.2, -0.15) is 9.97 Å². The first-order chi connectivity index (χ1) is 9.24. The summed E-state index contributed by atoms with van der Waals surface area (Å²) in [6.45, 7) is 0. The lowest BCUT2D eigenvalue weighted by Gasteiger charge is -2.13. The summed E-state index contributed by atoms with van der Waals surface area (Å²) in [5, 5.41) is 6.41. The normalized spacial score (nSPS) is 14.2. The summed E-state index contributed by atoms with van der Waals surface area (Å²) in [7, 11) is 1.82. The molecule has 5 nitrogen and oxygen atoms in total. The van der Waals surface area contributed by atoms with Crippen molar-refractivity contribution in [2.24, 2.45) is 0 Å². The van der Waals surface area contributed by atoms with Crippen molar-refractivity contribution in [3.63, 3.8) is 0 Å². The first kappa shape index (κ1) is 11.8. The quantitative estimate of drug-likeness (QED) is 0.778. The molecule has 0 amide bonds. The third-order valence-electron chi connectivity index (χ3n) is 3.40. The molecule has 0 fully saturated rings. The maximum Gasteiger partial charge on any atom is 0.223 e. The minimum absolute atomic E-state index is 0.282. The Labute approximate surface area is 112 Å². The van der Waals surface area contributed by atoms with Crippen LogP contribution in [0.3, 0.4) is 0 Å². The van der Waals surface area contributed by atoms with Crippen LogP contribution in [-0.4, -0.2) is 23.1 Å². The maximum absolute atomic E-state index is 5.69. The van der Waals surface area contributed by atoms with Gasteiger partial charge in [-0.3, -0.25) is 0 Å². The zero-order chi connectivity index (χ0) is 13.2. The molecule has 1 aromatic heterocycles. The molecule has 1 aliphatic carbocycles. The van der Waals surface area contributed by atoms with Crippen molar-refractivity contribution in [1.82, 2.24) is 9.97 Å². The molecule has 0 saturated carbocycles. The average molecular weight is 255 g/mol. The highest BCUT2D eigenvalue weighted by Crippen LogP contribution is 2.24. The lowest BCUT2D eigenvalue weighted by molar-refractivity contribution is 0.768. The minimum Gasteiger partial charge on any atom is -0.373 e. The summed E-state index contributed by atoms with van der Waals surface area (Å²) >= 11 is 0. The van der Waals surface area contributed by atoms with Gasteiger partial charge in [0, 0.05) is 19.2 Å². The van der Waals surface area contributed by atoms with E-state index in [9.17, 15) is 0 Å². The third-order valence-corrected chi connectivity index (χ3v) is 3.40. The minimum atomic E-state index is 0.282. The first-order valence-corrected chi connectivity index (χ1v) is 6.40. The van der Waals surface area contributed by atoms with Gasteiger partial charge in [0.15, 0.2) is 0 Å². The van der Waals surface area contributed by atoms with E-state index in [2.05, 4.69) is 44.9 Å². The van der Waals surface area contributed by atoms with Gasteiger partial charge in [0.25, 0.3) is 0 Å². The van der Waals surface area contributed by atoms with Gasteiger partial charge < -0.3 is 16.4 Å². The fraction of sp³-hybridized carbons (Fsp3) is 0.286. The number of fused-ring (bicyclic) bond motifs is 1. The highest BCUT2D eigenvalue weighted by molar-refractivity contribution is 5.52. The zero-order valence-electron chi connectivity index (χ0n) is 10.9. The van der Waals surface area contributed by atoms with Crippen molar-refractivity contribution < 1.29 is 0 Å². The van der Waals surface area contributed by atoms with Crippen LogP contribution in [0.1, 0.15) is 11.1 Å². The molecule has 5 heteroatoms. The highest BCUT2D eigenvalue weighted by atomic mass is 15.1. The van der Waals surface area contributed by atoms with Crippen LogP contribution in [0.2, 0.25) is 0 Å². The molecule has 2 aromatic rings. The summed E-state index contributed by atoms with van der Waals surface area (Å²) in [5.41, 5.74) is 8.52. The molecule has 1 heterocycles. The Hall–Kier alpha value is -2.30. The van der Waals surface area contributed by atoms with Gasteiger partial charge in [0.2, 0.25) is 5.95 Å². The van der Waals surface area contributed by atoms with Crippen LogP contribution in [0.25, 0.3) is 0 Å². The molecule has 1 aromatic carbocycles. The summed E-state index contributed by atoms with van der Waals surface area (Å²) in [5.74, 6) is 1.78. The Morgan fingerprint density at radius 3 is 2.37 bits per heavy atom. The van der Waals surface area contributed by atoms with E-state index in [1.54, 1.807) is 0 Å². The predicted molar refractivity (Wildman–Crippen MR) is 77.3 cm³/mol. The van der Waals surface area contributed by atoms with Crippen LogP contribution < -0.4 is 16.4 Å². The van der Waals surface area contributed by atoms with Gasteiger partial charge in [-0.25, -0.2) is 0 Å². The highest BCUT2D eigenvalue weighted by Gasteiger charge is 2.21. The second-order valence-electron chi connectivity index (χ2n) is 4.76. The van der Waals surface area contributed by atoms with Gasteiger partial charge >= 0.3 is 0 Å². The van der Waals surface area contributed by atoms with Crippen molar-refractivity contribution in [2.45, 2.75) is 18.9 Å². The molecular weight excluding hydrogens is 238 g/mol. The topological polar surface area (TPSA) is 75.9 Å². The molecule has 3 rings (SSSR count). The van der Waals surface area contributed by atoms with Crippen molar-refractivity contribution in [3.8, 4) is 0 Å². The molecule has 19 heavy (non-hydrogen) atoms. The van der Waals surface area contributed by atoms with E-state index < -0.39 is 0 Å². The lowest BCUT2D eigenvalue weighted by Crippen LogP contribution is -2.20. The van der Waals surface area contributed by atoms with Crippen LogP contribution in [-0.2, 0) is 12.8 Å². The molecule has 0 atom stereocenters. The molecule has 0 aliphatic heterocycles. The van der Waals surface area contributed by atoms with Crippen LogP contribution in [0, 0.1) is 0 Å². The van der Waals surface area contributed by atoms with E-state index in [4.69, 9.17) is 5.73 Å². The van der Waals surface area contributed by atoms with Crippen LogP contribution in [0.15, 0.2) is 30.3 Å². The lowest BCUT2D eigenvalue weighted by atomic mass is 10.1. The molecule has 0 unspecified atom stereocenters. The second kappa shape index (κ2) is 4.76. The largest absolute Gasteiger partial charge is 0.373 e. The van der Waals surface area contributed by atoms with Crippen molar-refractivity contribution in [2.75, 3.05) is 23.4 Å². The van der Waals surface area contributed by atoms with Gasteiger partial charge in [-0.15, -0.1) is 0 Å². The number of anilines is 3. The SMILES string of the molecule is CNc1cc(NC2Cc3ccccc3C2)nc(N)n1. The van der Waals surface area contributed by atoms with Gasteiger partial charge in [0.05, 0.1) is 0 Å². The molecule has 4 N–H and O–H groups in total. The van der Waals surface area contributed by atoms with Crippen LogP contribution in [0.5, 0.6) is 0 Å². The Morgan fingerprint density at radius 1 is 1.11 bits per heavy atom. The maximum atomic E-state index is 5.69. The summed E-state index contributed by atoms with van der Waals surface area (Å²) in [6, 6.07) is 10.8. The van der Waals surface area contributed by atoms with Gasteiger partial charge in [0.1, 0.15) is 11.6 Å². The van der Waals surface area contributed by atoms with Crippen molar-refractivity contribution in [1.29, 1.82) is 0 Å². The summed E-state index contributed by atoms with van der Waals surface area (Å²) in [6.07, 6.45) is 2.05. The Bertz CT molecular complexity index is 571. The Balaban J connectivity index is 1.75. The van der Waals surface area contributed by atoms with Crippen molar-refractivity contribution >= 4 is 17.6 Å².